The molecule has 3 nitrogen and oxygen atoms in total. The van der Waals surface area contributed by atoms with E-state index in [0.29, 0.717) is 11.3 Å². The molecular formula is C17H19NO2S2. The zero-order chi connectivity index (χ0) is 16.3. The van der Waals surface area contributed by atoms with Crippen molar-refractivity contribution < 1.29 is 9.00 Å². The lowest BCUT2D eigenvalue weighted by Gasteiger charge is -2.06. The molecule has 0 saturated heterocycles. The molecule has 0 radical (unpaired) electrons. The average molecular weight is 333 g/mol. The van der Waals surface area contributed by atoms with E-state index in [9.17, 15) is 9.00 Å². The molecule has 0 aliphatic heterocycles. The highest BCUT2D eigenvalue weighted by molar-refractivity contribution is 8.16. The number of hydrogen-bond donors (Lipinski definition) is 0. The lowest BCUT2D eigenvalue weighted by molar-refractivity contribution is 0.103. The van der Waals surface area contributed by atoms with Crippen LogP contribution >= 0.6 is 11.8 Å². The minimum Gasteiger partial charge on any atom is -0.341 e. The lowest BCUT2D eigenvalue weighted by Crippen LogP contribution is -2.08. The van der Waals surface area contributed by atoms with Crippen LogP contribution in [-0.2, 0) is 17.8 Å². The van der Waals surface area contributed by atoms with E-state index in [1.807, 2.05) is 67.3 Å². The Hall–Kier alpha value is -1.59. The van der Waals surface area contributed by atoms with Gasteiger partial charge in [0.05, 0.1) is 20.7 Å². The van der Waals surface area contributed by atoms with Crippen molar-refractivity contribution in [3.63, 3.8) is 0 Å². The Balaban J connectivity index is 2.37. The van der Waals surface area contributed by atoms with Crippen LogP contribution in [0.2, 0.25) is 0 Å². The first-order valence-corrected chi connectivity index (χ1v) is 9.58. The van der Waals surface area contributed by atoms with Gasteiger partial charge in [0.1, 0.15) is 0 Å². The normalized spacial score (nSPS) is 13.2. The maximum Gasteiger partial charge on any atom is 0.209 e. The fraction of sp³-hybridized carbons (Fsp3) is 0.235. The van der Waals surface area contributed by atoms with Gasteiger partial charge in [0.15, 0.2) is 0 Å². The first-order valence-electron chi connectivity index (χ1n) is 6.80. The van der Waals surface area contributed by atoms with Crippen LogP contribution in [0.3, 0.4) is 0 Å². The van der Waals surface area contributed by atoms with Crippen LogP contribution in [0.5, 0.6) is 0 Å². The van der Waals surface area contributed by atoms with Gasteiger partial charge < -0.3 is 4.57 Å². The van der Waals surface area contributed by atoms with Crippen molar-refractivity contribution in [3.8, 4) is 0 Å². The first-order chi connectivity index (χ1) is 10.4. The number of ketones is 1. The summed E-state index contributed by atoms with van der Waals surface area (Å²) in [5.74, 6) is -0.00882. The van der Waals surface area contributed by atoms with Gasteiger partial charge in [-0.2, -0.15) is 0 Å². The van der Waals surface area contributed by atoms with Gasteiger partial charge in [-0.25, -0.2) is 0 Å². The van der Waals surface area contributed by atoms with E-state index >= 15 is 0 Å². The molecule has 1 aromatic carbocycles. The van der Waals surface area contributed by atoms with E-state index in [-0.39, 0.29) is 5.78 Å². The molecule has 0 saturated carbocycles. The molecule has 5 heteroatoms. The Bertz CT molecular complexity index is 743. The SMILES string of the molecule is CS/C(=C\c1ccc(C(=O)c2ccc(C)cc2)n1C)S(C)=O. The standard InChI is InChI=1S/C17H19NO2S2/c1-12-5-7-13(8-6-12)17(19)15-10-9-14(18(15)2)11-16(21-3)22(4)20/h5-11H,1-4H3/b16-11+. The Kier molecular flexibility index (Phi) is 5.42. The summed E-state index contributed by atoms with van der Waals surface area (Å²) >= 11 is 1.46. The third-order valence-electron chi connectivity index (χ3n) is 3.46. The second-order valence-electron chi connectivity index (χ2n) is 5.02. The molecule has 0 aliphatic rings. The van der Waals surface area contributed by atoms with E-state index in [2.05, 4.69) is 0 Å². The predicted molar refractivity (Wildman–Crippen MR) is 95.6 cm³/mol. The van der Waals surface area contributed by atoms with Gasteiger partial charge in [0, 0.05) is 24.6 Å². The minimum absolute atomic E-state index is 0.00882. The molecular weight excluding hydrogens is 314 g/mol. The smallest absolute Gasteiger partial charge is 0.209 e. The van der Waals surface area contributed by atoms with Crippen LogP contribution in [0, 0.1) is 6.92 Å². The molecule has 0 aliphatic carbocycles. The summed E-state index contributed by atoms with van der Waals surface area (Å²) in [6.45, 7) is 1.99. The van der Waals surface area contributed by atoms with E-state index in [1.54, 1.807) is 6.26 Å². The molecule has 1 atom stereocenters. The number of carbonyl (C=O) groups is 1. The number of rotatable bonds is 5. The number of aromatic nitrogens is 1. The summed E-state index contributed by atoms with van der Waals surface area (Å²) in [7, 11) is 0.825. The fourth-order valence-electron chi connectivity index (χ4n) is 2.13. The summed E-state index contributed by atoms with van der Waals surface area (Å²) in [4.78, 5) is 12.6. The zero-order valence-corrected chi connectivity index (χ0v) is 14.8. The van der Waals surface area contributed by atoms with Crippen molar-refractivity contribution in [3.05, 3.63) is 63.2 Å². The number of benzene rings is 1. The average Bonchev–Trinajstić information content (AvgIpc) is 2.85. The first kappa shape index (κ1) is 16.8. The topological polar surface area (TPSA) is 39.1 Å². The molecule has 2 aromatic rings. The third-order valence-corrected chi connectivity index (χ3v) is 5.87. The van der Waals surface area contributed by atoms with Crippen LogP contribution in [-0.4, -0.2) is 27.1 Å². The third kappa shape index (κ3) is 3.59. The monoisotopic (exact) mass is 333 g/mol. The zero-order valence-electron chi connectivity index (χ0n) is 13.1. The second kappa shape index (κ2) is 7.11. The van der Waals surface area contributed by atoms with E-state index in [0.717, 1.165) is 15.5 Å². The fourth-order valence-corrected chi connectivity index (χ4v) is 3.60. The van der Waals surface area contributed by atoms with E-state index in [4.69, 9.17) is 0 Å². The highest BCUT2D eigenvalue weighted by atomic mass is 32.2. The highest BCUT2D eigenvalue weighted by Gasteiger charge is 2.14. The number of carbonyl (C=O) groups excluding carboxylic acids is 1. The van der Waals surface area contributed by atoms with Crippen LogP contribution in [0.25, 0.3) is 6.08 Å². The number of aryl methyl sites for hydroxylation is 1. The van der Waals surface area contributed by atoms with Crippen molar-refractivity contribution in [2.75, 3.05) is 12.5 Å². The Labute approximate surface area is 137 Å². The quantitative estimate of drug-likeness (QED) is 0.785. The summed E-state index contributed by atoms with van der Waals surface area (Å²) in [6.07, 6.45) is 5.42. The molecule has 0 amide bonds. The molecule has 0 spiro atoms. The van der Waals surface area contributed by atoms with E-state index in [1.165, 1.54) is 11.8 Å². The second-order valence-corrected chi connectivity index (χ2v) is 7.47. The Morgan fingerprint density at radius 1 is 1.18 bits per heavy atom. The maximum atomic E-state index is 12.6. The highest BCUT2D eigenvalue weighted by Crippen LogP contribution is 2.21. The van der Waals surface area contributed by atoms with Crippen molar-refractivity contribution >= 4 is 34.4 Å². The number of nitrogens with zero attached hydrogens (tertiary/aromatic N) is 1. The largest absolute Gasteiger partial charge is 0.341 e. The van der Waals surface area contributed by atoms with Gasteiger partial charge in [0.2, 0.25) is 5.78 Å². The number of thioether (sulfide) groups is 1. The van der Waals surface area contributed by atoms with Crippen LogP contribution in [0.1, 0.15) is 27.3 Å². The Morgan fingerprint density at radius 2 is 1.82 bits per heavy atom. The predicted octanol–water partition coefficient (Wildman–Crippen LogP) is 3.60. The molecule has 2 rings (SSSR count). The summed E-state index contributed by atoms with van der Waals surface area (Å²) in [6, 6.07) is 11.2. The molecule has 1 aromatic heterocycles. The van der Waals surface area contributed by atoms with Gasteiger partial charge in [-0.3, -0.25) is 9.00 Å². The van der Waals surface area contributed by atoms with Crippen molar-refractivity contribution in [2.45, 2.75) is 6.92 Å². The van der Waals surface area contributed by atoms with Gasteiger partial charge >= 0.3 is 0 Å². The molecule has 0 fully saturated rings. The van der Waals surface area contributed by atoms with Gasteiger partial charge in [-0.15, -0.1) is 11.8 Å². The van der Waals surface area contributed by atoms with Gasteiger partial charge in [0.25, 0.3) is 0 Å². The van der Waals surface area contributed by atoms with Crippen LogP contribution in [0.15, 0.2) is 40.6 Å². The van der Waals surface area contributed by atoms with E-state index < -0.39 is 10.8 Å². The van der Waals surface area contributed by atoms with Crippen molar-refractivity contribution in [1.82, 2.24) is 4.57 Å². The summed E-state index contributed by atoms with van der Waals surface area (Å²) in [5, 5.41) is 0. The molecule has 1 heterocycles. The molecule has 116 valence electrons. The number of hydrogen-bond acceptors (Lipinski definition) is 3. The Morgan fingerprint density at radius 3 is 2.36 bits per heavy atom. The van der Waals surface area contributed by atoms with Gasteiger partial charge in [-0.1, -0.05) is 29.8 Å². The maximum absolute atomic E-state index is 12.6. The van der Waals surface area contributed by atoms with Crippen molar-refractivity contribution in [2.24, 2.45) is 7.05 Å². The molecule has 0 N–H and O–H groups in total. The minimum atomic E-state index is -1.03. The summed E-state index contributed by atoms with van der Waals surface area (Å²) < 4.78 is 14.3. The van der Waals surface area contributed by atoms with Gasteiger partial charge in [-0.05, 0) is 31.4 Å². The molecule has 1 unspecified atom stereocenters. The summed E-state index contributed by atoms with van der Waals surface area (Å²) in [5.41, 5.74) is 3.29. The van der Waals surface area contributed by atoms with Crippen LogP contribution < -0.4 is 0 Å². The van der Waals surface area contributed by atoms with Crippen LogP contribution in [0.4, 0.5) is 0 Å². The van der Waals surface area contributed by atoms with Crippen molar-refractivity contribution in [1.29, 1.82) is 0 Å². The molecule has 0 bridgehead atoms. The lowest BCUT2D eigenvalue weighted by atomic mass is 10.1. The molecule has 22 heavy (non-hydrogen) atoms.